The van der Waals surface area contributed by atoms with E-state index in [4.69, 9.17) is 16.3 Å². The molecule has 0 radical (unpaired) electrons. The maximum atomic E-state index is 6.16. The van der Waals surface area contributed by atoms with E-state index in [1.807, 2.05) is 36.4 Å². The van der Waals surface area contributed by atoms with Gasteiger partial charge in [-0.3, -0.25) is 0 Å². The molecule has 0 saturated heterocycles. The summed E-state index contributed by atoms with van der Waals surface area (Å²) in [5, 5.41) is 0.845. The van der Waals surface area contributed by atoms with E-state index in [0.717, 1.165) is 18.1 Å². The third-order valence-electron chi connectivity index (χ3n) is 3.04. The predicted octanol–water partition coefficient (Wildman–Crippen LogP) is 4.74. The highest BCUT2D eigenvalue weighted by molar-refractivity contribution is 6.31. The van der Waals surface area contributed by atoms with E-state index in [2.05, 4.69) is 25.1 Å². The zero-order valence-electron chi connectivity index (χ0n) is 11.2. The van der Waals surface area contributed by atoms with Gasteiger partial charge < -0.3 is 4.74 Å². The van der Waals surface area contributed by atoms with E-state index < -0.39 is 0 Å². The van der Waals surface area contributed by atoms with Crippen LogP contribution in [0.1, 0.15) is 18.1 Å². The van der Waals surface area contributed by atoms with E-state index in [0.29, 0.717) is 12.5 Å². The average molecular weight is 275 g/mol. The lowest BCUT2D eigenvalue weighted by atomic mass is 10.0. The van der Waals surface area contributed by atoms with E-state index in [9.17, 15) is 0 Å². The fourth-order valence-corrected chi connectivity index (χ4v) is 2.26. The second-order valence-electron chi connectivity index (χ2n) is 4.90. The maximum absolute atomic E-state index is 6.16. The molecule has 0 aliphatic heterocycles. The molecule has 0 aromatic heterocycles. The van der Waals surface area contributed by atoms with Gasteiger partial charge in [0, 0.05) is 11.6 Å². The number of hydrogen-bond donors (Lipinski definition) is 0. The van der Waals surface area contributed by atoms with Gasteiger partial charge in [-0.15, -0.1) is 0 Å². The Hall–Kier alpha value is -1.31. The normalized spacial score (nSPS) is 12.3. The van der Waals surface area contributed by atoms with Gasteiger partial charge in [0.05, 0.1) is 6.61 Å². The molecule has 2 rings (SSSR count). The standard InChI is InChI=1S/C17H19ClO/c1-14(11-16-9-5-6-10-17(16)18)12-19-13-15-7-3-2-4-8-15/h2-10,14H,11-13H2,1H3. The Morgan fingerprint density at radius 2 is 1.68 bits per heavy atom. The first-order chi connectivity index (χ1) is 9.25. The van der Waals surface area contributed by atoms with Crippen LogP contribution in [0.5, 0.6) is 0 Å². The molecular formula is C17H19ClO. The van der Waals surface area contributed by atoms with Gasteiger partial charge in [-0.1, -0.05) is 67.1 Å². The Morgan fingerprint density at radius 1 is 1.00 bits per heavy atom. The molecule has 0 amide bonds. The van der Waals surface area contributed by atoms with Crippen molar-refractivity contribution in [2.75, 3.05) is 6.61 Å². The van der Waals surface area contributed by atoms with Crippen LogP contribution in [0, 0.1) is 5.92 Å². The monoisotopic (exact) mass is 274 g/mol. The maximum Gasteiger partial charge on any atom is 0.0717 e. The minimum Gasteiger partial charge on any atom is -0.376 e. The molecule has 0 heterocycles. The molecule has 0 bridgehead atoms. The number of hydrogen-bond acceptors (Lipinski definition) is 1. The minimum atomic E-state index is 0.462. The van der Waals surface area contributed by atoms with Gasteiger partial charge in [-0.05, 0) is 29.5 Å². The van der Waals surface area contributed by atoms with Gasteiger partial charge in [0.15, 0.2) is 0 Å². The molecule has 0 N–H and O–H groups in total. The van der Waals surface area contributed by atoms with Gasteiger partial charge >= 0.3 is 0 Å². The van der Waals surface area contributed by atoms with E-state index in [-0.39, 0.29) is 0 Å². The zero-order valence-corrected chi connectivity index (χ0v) is 11.9. The molecule has 0 aliphatic carbocycles. The van der Waals surface area contributed by atoms with Crippen LogP contribution in [0.25, 0.3) is 0 Å². The summed E-state index contributed by atoms with van der Waals surface area (Å²) >= 11 is 6.16. The Bertz CT molecular complexity index is 496. The molecule has 100 valence electrons. The van der Waals surface area contributed by atoms with Crippen LogP contribution < -0.4 is 0 Å². The third kappa shape index (κ3) is 4.70. The molecule has 2 aromatic carbocycles. The summed E-state index contributed by atoms with van der Waals surface area (Å²) < 4.78 is 5.75. The number of ether oxygens (including phenoxy) is 1. The minimum absolute atomic E-state index is 0.462. The summed E-state index contributed by atoms with van der Waals surface area (Å²) in [6, 6.07) is 18.3. The summed E-state index contributed by atoms with van der Waals surface area (Å²) in [6.07, 6.45) is 0.953. The molecule has 1 atom stereocenters. The molecule has 2 aromatic rings. The third-order valence-corrected chi connectivity index (χ3v) is 3.41. The quantitative estimate of drug-likeness (QED) is 0.740. The number of benzene rings is 2. The summed E-state index contributed by atoms with van der Waals surface area (Å²) in [5.74, 6) is 0.462. The van der Waals surface area contributed by atoms with Crippen LogP contribution in [0.4, 0.5) is 0 Å². The fraction of sp³-hybridized carbons (Fsp3) is 0.294. The molecule has 0 fully saturated rings. The van der Waals surface area contributed by atoms with Gasteiger partial charge in [0.25, 0.3) is 0 Å². The molecule has 0 spiro atoms. The first kappa shape index (κ1) is 14.1. The highest BCUT2D eigenvalue weighted by atomic mass is 35.5. The van der Waals surface area contributed by atoms with Crippen molar-refractivity contribution in [1.82, 2.24) is 0 Å². The van der Waals surface area contributed by atoms with Crippen LogP contribution in [0.15, 0.2) is 54.6 Å². The lowest BCUT2D eigenvalue weighted by Crippen LogP contribution is -2.09. The molecular weight excluding hydrogens is 256 g/mol. The van der Waals surface area contributed by atoms with E-state index in [1.165, 1.54) is 11.1 Å². The second kappa shape index (κ2) is 7.32. The van der Waals surface area contributed by atoms with Crippen LogP contribution in [0.3, 0.4) is 0 Å². The smallest absolute Gasteiger partial charge is 0.0717 e. The number of rotatable bonds is 6. The highest BCUT2D eigenvalue weighted by Crippen LogP contribution is 2.19. The lowest BCUT2D eigenvalue weighted by Gasteiger charge is -2.13. The van der Waals surface area contributed by atoms with Gasteiger partial charge in [0.1, 0.15) is 0 Å². The Labute approximate surface area is 120 Å². The summed E-state index contributed by atoms with van der Waals surface area (Å²) in [6.45, 7) is 3.61. The lowest BCUT2D eigenvalue weighted by molar-refractivity contribution is 0.0922. The predicted molar refractivity (Wildman–Crippen MR) is 80.4 cm³/mol. The Kier molecular flexibility index (Phi) is 5.44. The van der Waals surface area contributed by atoms with Crippen LogP contribution in [-0.2, 0) is 17.8 Å². The Morgan fingerprint density at radius 3 is 2.42 bits per heavy atom. The Balaban J connectivity index is 1.76. The first-order valence-corrected chi connectivity index (χ1v) is 6.98. The van der Waals surface area contributed by atoms with E-state index in [1.54, 1.807) is 0 Å². The van der Waals surface area contributed by atoms with Crippen LogP contribution in [-0.4, -0.2) is 6.61 Å². The molecule has 19 heavy (non-hydrogen) atoms. The molecule has 2 heteroatoms. The number of halogens is 1. The summed E-state index contributed by atoms with van der Waals surface area (Å²) in [5.41, 5.74) is 2.41. The average Bonchev–Trinajstić information content (AvgIpc) is 2.43. The second-order valence-corrected chi connectivity index (χ2v) is 5.31. The summed E-state index contributed by atoms with van der Waals surface area (Å²) in [7, 11) is 0. The van der Waals surface area contributed by atoms with Gasteiger partial charge in [-0.2, -0.15) is 0 Å². The topological polar surface area (TPSA) is 9.23 Å². The van der Waals surface area contributed by atoms with Crippen molar-refractivity contribution in [3.63, 3.8) is 0 Å². The van der Waals surface area contributed by atoms with Crippen molar-refractivity contribution in [2.45, 2.75) is 20.0 Å². The summed E-state index contributed by atoms with van der Waals surface area (Å²) in [4.78, 5) is 0. The molecule has 0 aliphatic rings. The zero-order chi connectivity index (χ0) is 13.5. The van der Waals surface area contributed by atoms with Gasteiger partial charge in [-0.25, -0.2) is 0 Å². The first-order valence-electron chi connectivity index (χ1n) is 6.61. The molecule has 0 saturated carbocycles. The molecule has 1 unspecified atom stereocenters. The van der Waals surface area contributed by atoms with Crippen molar-refractivity contribution < 1.29 is 4.74 Å². The fourth-order valence-electron chi connectivity index (χ4n) is 2.05. The van der Waals surface area contributed by atoms with Crippen LogP contribution in [0.2, 0.25) is 5.02 Å². The van der Waals surface area contributed by atoms with Crippen LogP contribution >= 0.6 is 11.6 Å². The van der Waals surface area contributed by atoms with Crippen molar-refractivity contribution >= 4 is 11.6 Å². The van der Waals surface area contributed by atoms with Crippen molar-refractivity contribution in [3.8, 4) is 0 Å². The van der Waals surface area contributed by atoms with Crippen molar-refractivity contribution in [2.24, 2.45) is 5.92 Å². The van der Waals surface area contributed by atoms with E-state index >= 15 is 0 Å². The largest absolute Gasteiger partial charge is 0.376 e. The molecule has 1 nitrogen and oxygen atoms in total. The highest BCUT2D eigenvalue weighted by Gasteiger charge is 2.06. The van der Waals surface area contributed by atoms with Crippen molar-refractivity contribution in [3.05, 3.63) is 70.7 Å². The van der Waals surface area contributed by atoms with Gasteiger partial charge in [0.2, 0.25) is 0 Å². The SMILES string of the molecule is CC(COCc1ccccc1)Cc1ccccc1Cl. The van der Waals surface area contributed by atoms with Crippen molar-refractivity contribution in [1.29, 1.82) is 0 Å².